The molecule has 0 atom stereocenters. The van der Waals surface area contributed by atoms with Crippen LogP contribution in [0.15, 0.2) is 30.5 Å². The van der Waals surface area contributed by atoms with E-state index in [4.69, 9.17) is 0 Å². The van der Waals surface area contributed by atoms with Crippen molar-refractivity contribution in [2.75, 3.05) is 19.6 Å². The molecule has 0 saturated carbocycles. The predicted molar refractivity (Wildman–Crippen MR) is 104 cm³/mol. The summed E-state index contributed by atoms with van der Waals surface area (Å²) in [5, 5.41) is 4.13. The summed E-state index contributed by atoms with van der Waals surface area (Å²) in [6.45, 7) is 7.71. The Kier molecular flexibility index (Phi) is 5.35. The molecule has 1 saturated heterocycles. The standard InChI is InChI=1S/C21H29N3O2/c1-15-9-12-24(13-10-15)20(26)21(2,3)19(25)22-11-8-16-14-23-18-7-5-4-6-17(16)18/h4-7,14-15,23H,8-13H2,1-3H3,(H,22,25). The second-order valence-corrected chi connectivity index (χ2v) is 7.97. The zero-order valence-electron chi connectivity index (χ0n) is 16.0. The Morgan fingerprint density at radius 1 is 1.23 bits per heavy atom. The van der Waals surface area contributed by atoms with Gasteiger partial charge in [-0.2, -0.15) is 0 Å². The van der Waals surface area contributed by atoms with Gasteiger partial charge >= 0.3 is 0 Å². The highest BCUT2D eigenvalue weighted by Gasteiger charge is 2.39. The van der Waals surface area contributed by atoms with E-state index in [0.29, 0.717) is 12.5 Å². The van der Waals surface area contributed by atoms with Crippen molar-refractivity contribution in [3.8, 4) is 0 Å². The van der Waals surface area contributed by atoms with Crippen molar-refractivity contribution < 1.29 is 9.59 Å². The number of hydrogen-bond donors (Lipinski definition) is 2. The summed E-state index contributed by atoms with van der Waals surface area (Å²) < 4.78 is 0. The van der Waals surface area contributed by atoms with Crippen LogP contribution in [0, 0.1) is 11.3 Å². The van der Waals surface area contributed by atoms with Crippen molar-refractivity contribution in [2.45, 2.75) is 40.0 Å². The number of rotatable bonds is 5. The SMILES string of the molecule is CC1CCN(C(=O)C(C)(C)C(=O)NCCc2c[nH]c3ccccc23)CC1. The van der Waals surface area contributed by atoms with E-state index in [0.717, 1.165) is 37.9 Å². The number of para-hydroxylation sites is 1. The second kappa shape index (κ2) is 7.52. The lowest BCUT2D eigenvalue weighted by Gasteiger charge is -2.35. The topological polar surface area (TPSA) is 65.2 Å². The molecule has 140 valence electrons. The first-order chi connectivity index (χ1) is 12.4. The maximum atomic E-state index is 12.8. The number of H-pyrrole nitrogens is 1. The van der Waals surface area contributed by atoms with Crippen LogP contribution in [0.1, 0.15) is 39.2 Å². The smallest absolute Gasteiger partial charge is 0.237 e. The Morgan fingerprint density at radius 2 is 1.92 bits per heavy atom. The van der Waals surface area contributed by atoms with Crippen molar-refractivity contribution in [2.24, 2.45) is 11.3 Å². The van der Waals surface area contributed by atoms with E-state index >= 15 is 0 Å². The summed E-state index contributed by atoms with van der Waals surface area (Å²) in [6.07, 6.45) is 4.76. The second-order valence-electron chi connectivity index (χ2n) is 7.97. The van der Waals surface area contributed by atoms with Gasteiger partial charge in [0.05, 0.1) is 0 Å². The van der Waals surface area contributed by atoms with Crippen molar-refractivity contribution >= 4 is 22.7 Å². The molecule has 1 aromatic carbocycles. The number of fused-ring (bicyclic) bond motifs is 1. The molecule has 2 aromatic rings. The molecule has 5 heteroatoms. The summed E-state index contributed by atoms with van der Waals surface area (Å²) in [4.78, 5) is 30.5. The quantitative estimate of drug-likeness (QED) is 0.810. The number of aromatic amines is 1. The van der Waals surface area contributed by atoms with E-state index < -0.39 is 5.41 Å². The molecule has 0 unspecified atom stereocenters. The van der Waals surface area contributed by atoms with E-state index in [9.17, 15) is 9.59 Å². The first-order valence-corrected chi connectivity index (χ1v) is 9.52. The van der Waals surface area contributed by atoms with E-state index in [1.165, 1.54) is 10.9 Å². The number of carbonyl (C=O) groups is 2. The number of nitrogens with zero attached hydrogens (tertiary/aromatic N) is 1. The summed E-state index contributed by atoms with van der Waals surface area (Å²) in [7, 11) is 0. The van der Waals surface area contributed by atoms with Gasteiger partial charge in [-0.25, -0.2) is 0 Å². The molecule has 2 heterocycles. The number of likely N-dealkylation sites (tertiary alicyclic amines) is 1. The van der Waals surface area contributed by atoms with Crippen LogP contribution in [0.2, 0.25) is 0 Å². The fourth-order valence-electron chi connectivity index (χ4n) is 3.57. The molecule has 1 fully saturated rings. The normalized spacial score (nSPS) is 16.0. The van der Waals surface area contributed by atoms with Crippen molar-refractivity contribution in [1.82, 2.24) is 15.2 Å². The maximum absolute atomic E-state index is 12.8. The van der Waals surface area contributed by atoms with Crippen molar-refractivity contribution in [1.29, 1.82) is 0 Å². The fourth-order valence-corrected chi connectivity index (χ4v) is 3.57. The summed E-state index contributed by atoms with van der Waals surface area (Å²) in [6, 6.07) is 8.13. The number of hydrogen-bond acceptors (Lipinski definition) is 2. The van der Waals surface area contributed by atoms with Crippen LogP contribution in [0.25, 0.3) is 10.9 Å². The van der Waals surface area contributed by atoms with Crippen LogP contribution in [0.4, 0.5) is 0 Å². The van der Waals surface area contributed by atoms with Crippen LogP contribution in [-0.2, 0) is 16.0 Å². The highest BCUT2D eigenvalue weighted by molar-refractivity contribution is 6.04. The first-order valence-electron chi connectivity index (χ1n) is 9.52. The number of amides is 2. The molecule has 0 spiro atoms. The largest absolute Gasteiger partial charge is 0.361 e. The molecule has 0 radical (unpaired) electrons. The monoisotopic (exact) mass is 355 g/mol. The van der Waals surface area contributed by atoms with Gasteiger partial charge in [0.1, 0.15) is 5.41 Å². The highest BCUT2D eigenvalue weighted by Crippen LogP contribution is 2.24. The van der Waals surface area contributed by atoms with Gasteiger partial charge in [-0.1, -0.05) is 25.1 Å². The lowest BCUT2D eigenvalue weighted by molar-refractivity contribution is -0.149. The van der Waals surface area contributed by atoms with Gasteiger partial charge in [0.15, 0.2) is 0 Å². The van der Waals surface area contributed by atoms with Crippen LogP contribution in [0.3, 0.4) is 0 Å². The summed E-state index contributed by atoms with van der Waals surface area (Å²) >= 11 is 0. The molecule has 5 nitrogen and oxygen atoms in total. The van der Waals surface area contributed by atoms with Crippen LogP contribution in [-0.4, -0.2) is 41.3 Å². The number of piperidine rings is 1. The third-order valence-corrected chi connectivity index (χ3v) is 5.53. The van der Waals surface area contributed by atoms with Gasteiger partial charge in [0.25, 0.3) is 0 Å². The molecule has 1 aromatic heterocycles. The Labute approximate surface area is 155 Å². The molecule has 2 N–H and O–H groups in total. The van der Waals surface area contributed by atoms with Crippen molar-refractivity contribution in [3.63, 3.8) is 0 Å². The van der Waals surface area contributed by atoms with Gasteiger partial charge in [-0.05, 0) is 50.7 Å². The summed E-state index contributed by atoms with van der Waals surface area (Å²) in [5.74, 6) is 0.405. The molecule has 1 aliphatic heterocycles. The maximum Gasteiger partial charge on any atom is 0.237 e. The molecule has 3 rings (SSSR count). The van der Waals surface area contributed by atoms with E-state index in [2.05, 4.69) is 23.3 Å². The molecule has 1 aliphatic rings. The lowest BCUT2D eigenvalue weighted by Crippen LogP contribution is -2.51. The van der Waals surface area contributed by atoms with Gasteiger partial charge < -0.3 is 15.2 Å². The highest BCUT2D eigenvalue weighted by atomic mass is 16.2. The minimum absolute atomic E-state index is 0.0611. The molecule has 26 heavy (non-hydrogen) atoms. The fraction of sp³-hybridized carbons (Fsp3) is 0.524. The van der Waals surface area contributed by atoms with Gasteiger partial charge in [0.2, 0.25) is 11.8 Å². The number of aromatic nitrogens is 1. The Balaban J connectivity index is 1.55. The minimum Gasteiger partial charge on any atom is -0.361 e. The lowest BCUT2D eigenvalue weighted by atomic mass is 9.88. The average Bonchev–Trinajstić information content (AvgIpc) is 3.05. The van der Waals surface area contributed by atoms with Crippen LogP contribution >= 0.6 is 0 Å². The van der Waals surface area contributed by atoms with Crippen LogP contribution < -0.4 is 5.32 Å². The average molecular weight is 355 g/mol. The number of benzene rings is 1. The minimum atomic E-state index is -1.03. The van der Waals surface area contributed by atoms with Gasteiger partial charge in [-0.3, -0.25) is 9.59 Å². The van der Waals surface area contributed by atoms with E-state index in [1.54, 1.807) is 13.8 Å². The third-order valence-electron chi connectivity index (χ3n) is 5.53. The third kappa shape index (κ3) is 3.76. The Morgan fingerprint density at radius 3 is 2.65 bits per heavy atom. The van der Waals surface area contributed by atoms with Crippen LogP contribution in [0.5, 0.6) is 0 Å². The predicted octanol–water partition coefficient (Wildman–Crippen LogP) is 3.11. The number of nitrogens with one attached hydrogen (secondary N) is 2. The van der Waals surface area contributed by atoms with E-state index in [1.807, 2.05) is 29.3 Å². The molecular weight excluding hydrogens is 326 g/mol. The molecule has 0 bridgehead atoms. The summed E-state index contributed by atoms with van der Waals surface area (Å²) in [5.41, 5.74) is 1.25. The van der Waals surface area contributed by atoms with Gasteiger partial charge in [-0.15, -0.1) is 0 Å². The zero-order valence-corrected chi connectivity index (χ0v) is 16.0. The molecular formula is C21H29N3O2. The van der Waals surface area contributed by atoms with Crippen molar-refractivity contribution in [3.05, 3.63) is 36.0 Å². The zero-order chi connectivity index (χ0) is 18.7. The molecule has 0 aliphatic carbocycles. The van der Waals surface area contributed by atoms with Gasteiger partial charge in [0, 0.05) is 36.7 Å². The van der Waals surface area contributed by atoms with E-state index in [-0.39, 0.29) is 11.8 Å². The Hall–Kier alpha value is -2.30. The Bertz CT molecular complexity index is 785. The molecule has 2 amide bonds. The first kappa shape index (κ1) is 18.5. The number of carbonyl (C=O) groups excluding carboxylic acids is 2.